The molecule has 17 heavy (non-hydrogen) atoms. The summed E-state index contributed by atoms with van der Waals surface area (Å²) in [6.45, 7) is 5.79. The van der Waals surface area contributed by atoms with Crippen LogP contribution in [0.15, 0.2) is 23.2 Å². The number of rotatable bonds is 5. The van der Waals surface area contributed by atoms with Gasteiger partial charge in [0.1, 0.15) is 0 Å². The highest BCUT2D eigenvalue weighted by molar-refractivity contribution is 8.00. The quantitative estimate of drug-likeness (QED) is 0.784. The lowest BCUT2D eigenvalue weighted by molar-refractivity contribution is -0.119. The van der Waals surface area contributed by atoms with E-state index in [1.807, 2.05) is 32.9 Å². The molecule has 0 unspecified atom stereocenters. The largest absolute Gasteiger partial charge is 0.353 e. The number of hydrogen-bond acceptors (Lipinski definition) is 4. The van der Waals surface area contributed by atoms with Crippen molar-refractivity contribution in [1.29, 1.82) is 0 Å². The Morgan fingerprint density at radius 1 is 1.47 bits per heavy atom. The molecule has 0 saturated carbocycles. The zero-order valence-electron chi connectivity index (χ0n) is 10.4. The van der Waals surface area contributed by atoms with Crippen LogP contribution in [-0.2, 0) is 4.79 Å². The van der Waals surface area contributed by atoms with Gasteiger partial charge in [-0.25, -0.2) is 0 Å². The van der Waals surface area contributed by atoms with Crippen molar-refractivity contribution in [3.05, 3.63) is 24.0 Å². The molecule has 0 fully saturated rings. The van der Waals surface area contributed by atoms with E-state index in [-0.39, 0.29) is 18.0 Å². The third kappa shape index (κ3) is 5.19. The number of amides is 1. The molecule has 0 spiro atoms. The fourth-order valence-corrected chi connectivity index (χ4v) is 1.93. The summed E-state index contributed by atoms with van der Waals surface area (Å²) in [4.78, 5) is 16.6. The van der Waals surface area contributed by atoms with E-state index in [9.17, 15) is 4.79 Å². The first-order valence-corrected chi connectivity index (χ1v) is 6.61. The van der Waals surface area contributed by atoms with Gasteiger partial charge < -0.3 is 11.1 Å². The molecule has 94 valence electrons. The van der Waals surface area contributed by atoms with E-state index in [1.54, 1.807) is 6.20 Å². The SMILES string of the molecule is CC(C)NC(=O)CSc1ccc([C@H](C)N)nc1. The smallest absolute Gasteiger partial charge is 0.230 e. The molecule has 0 aliphatic carbocycles. The first-order chi connectivity index (χ1) is 7.99. The van der Waals surface area contributed by atoms with Gasteiger partial charge >= 0.3 is 0 Å². The maximum absolute atomic E-state index is 11.4. The molecule has 4 nitrogen and oxygen atoms in total. The van der Waals surface area contributed by atoms with Crippen LogP contribution in [0.4, 0.5) is 0 Å². The van der Waals surface area contributed by atoms with Gasteiger partial charge in [0, 0.05) is 23.2 Å². The average Bonchev–Trinajstić information content (AvgIpc) is 2.26. The summed E-state index contributed by atoms with van der Waals surface area (Å²) in [5, 5.41) is 2.84. The van der Waals surface area contributed by atoms with E-state index >= 15 is 0 Å². The number of nitrogens with one attached hydrogen (secondary N) is 1. The average molecular weight is 253 g/mol. The Bertz CT molecular complexity index is 363. The van der Waals surface area contributed by atoms with Gasteiger partial charge in [-0.1, -0.05) is 0 Å². The molecule has 1 heterocycles. The first kappa shape index (κ1) is 14.0. The highest BCUT2D eigenvalue weighted by atomic mass is 32.2. The number of carbonyl (C=O) groups is 1. The summed E-state index contributed by atoms with van der Waals surface area (Å²) < 4.78 is 0. The van der Waals surface area contributed by atoms with Crippen molar-refractivity contribution in [2.75, 3.05) is 5.75 Å². The van der Waals surface area contributed by atoms with Crippen molar-refractivity contribution < 1.29 is 4.79 Å². The molecular weight excluding hydrogens is 234 g/mol. The monoisotopic (exact) mass is 253 g/mol. The van der Waals surface area contributed by atoms with E-state index in [4.69, 9.17) is 5.73 Å². The van der Waals surface area contributed by atoms with Crippen molar-refractivity contribution >= 4 is 17.7 Å². The number of hydrogen-bond donors (Lipinski definition) is 2. The minimum Gasteiger partial charge on any atom is -0.353 e. The van der Waals surface area contributed by atoms with E-state index in [0.717, 1.165) is 10.6 Å². The molecule has 0 aliphatic heterocycles. The Morgan fingerprint density at radius 3 is 2.65 bits per heavy atom. The summed E-state index contributed by atoms with van der Waals surface area (Å²) in [6.07, 6.45) is 1.76. The van der Waals surface area contributed by atoms with Gasteiger partial charge in [-0.05, 0) is 32.9 Å². The van der Waals surface area contributed by atoms with Crippen LogP contribution in [0.1, 0.15) is 32.5 Å². The summed E-state index contributed by atoms with van der Waals surface area (Å²) in [6, 6.07) is 3.96. The highest BCUT2D eigenvalue weighted by Crippen LogP contribution is 2.17. The third-order valence-corrected chi connectivity index (χ3v) is 3.03. The van der Waals surface area contributed by atoms with Gasteiger partial charge in [-0.3, -0.25) is 9.78 Å². The van der Waals surface area contributed by atoms with Crippen molar-refractivity contribution in [2.45, 2.75) is 37.8 Å². The molecule has 1 aromatic heterocycles. The van der Waals surface area contributed by atoms with E-state index in [0.29, 0.717) is 5.75 Å². The second-order valence-corrected chi connectivity index (χ2v) is 5.27. The zero-order chi connectivity index (χ0) is 12.8. The summed E-state index contributed by atoms with van der Waals surface area (Å²) >= 11 is 1.48. The summed E-state index contributed by atoms with van der Waals surface area (Å²) in [7, 11) is 0. The number of carbonyl (C=O) groups excluding carboxylic acids is 1. The van der Waals surface area contributed by atoms with Crippen LogP contribution < -0.4 is 11.1 Å². The zero-order valence-corrected chi connectivity index (χ0v) is 11.3. The molecular formula is C12H19N3OS. The Morgan fingerprint density at radius 2 is 2.18 bits per heavy atom. The standard InChI is InChI=1S/C12H19N3OS/c1-8(2)15-12(16)7-17-10-4-5-11(9(3)13)14-6-10/h4-6,8-9H,7,13H2,1-3H3,(H,15,16)/t9-/m0/s1. The Kier molecular flexibility index (Phi) is 5.44. The van der Waals surface area contributed by atoms with Gasteiger partial charge in [0.25, 0.3) is 0 Å². The lowest BCUT2D eigenvalue weighted by atomic mass is 10.2. The fraction of sp³-hybridized carbons (Fsp3) is 0.500. The molecule has 0 bridgehead atoms. The number of nitrogens with two attached hydrogens (primary N) is 1. The maximum Gasteiger partial charge on any atom is 0.230 e. The predicted octanol–water partition coefficient (Wildman–Crippen LogP) is 1.72. The number of aromatic nitrogens is 1. The predicted molar refractivity (Wildman–Crippen MR) is 70.8 cm³/mol. The molecule has 1 rings (SSSR count). The molecule has 1 atom stereocenters. The van der Waals surface area contributed by atoms with Gasteiger partial charge in [-0.15, -0.1) is 11.8 Å². The number of nitrogens with zero attached hydrogens (tertiary/aromatic N) is 1. The van der Waals surface area contributed by atoms with Crippen LogP contribution in [0, 0.1) is 0 Å². The summed E-state index contributed by atoms with van der Waals surface area (Å²) in [5.74, 6) is 0.457. The molecule has 1 amide bonds. The maximum atomic E-state index is 11.4. The number of pyridine rings is 1. The van der Waals surface area contributed by atoms with Gasteiger partial charge in [0.15, 0.2) is 0 Å². The van der Waals surface area contributed by atoms with Crippen LogP contribution >= 0.6 is 11.8 Å². The molecule has 5 heteroatoms. The first-order valence-electron chi connectivity index (χ1n) is 5.62. The fourth-order valence-electron chi connectivity index (χ4n) is 1.26. The van der Waals surface area contributed by atoms with Gasteiger partial charge in [0.2, 0.25) is 5.91 Å². The minimum atomic E-state index is -0.0571. The highest BCUT2D eigenvalue weighted by Gasteiger charge is 2.05. The van der Waals surface area contributed by atoms with Crippen molar-refractivity contribution in [1.82, 2.24) is 10.3 Å². The van der Waals surface area contributed by atoms with E-state index in [1.165, 1.54) is 11.8 Å². The molecule has 0 saturated heterocycles. The van der Waals surface area contributed by atoms with Crippen LogP contribution in [0.2, 0.25) is 0 Å². The van der Waals surface area contributed by atoms with Gasteiger partial charge in [0.05, 0.1) is 11.4 Å². The lowest BCUT2D eigenvalue weighted by Crippen LogP contribution is -2.31. The topological polar surface area (TPSA) is 68.0 Å². The van der Waals surface area contributed by atoms with E-state index in [2.05, 4.69) is 10.3 Å². The van der Waals surface area contributed by atoms with Gasteiger partial charge in [-0.2, -0.15) is 0 Å². The molecule has 0 aliphatic rings. The molecule has 1 aromatic rings. The van der Waals surface area contributed by atoms with Crippen LogP contribution in [0.5, 0.6) is 0 Å². The normalized spacial score (nSPS) is 12.5. The van der Waals surface area contributed by atoms with E-state index < -0.39 is 0 Å². The molecule has 0 radical (unpaired) electrons. The van der Waals surface area contributed by atoms with Crippen LogP contribution in [0.25, 0.3) is 0 Å². The minimum absolute atomic E-state index is 0.0428. The Labute approximate surface area is 106 Å². The van der Waals surface area contributed by atoms with Crippen molar-refractivity contribution in [2.24, 2.45) is 5.73 Å². The lowest BCUT2D eigenvalue weighted by Gasteiger charge is -2.08. The molecule has 3 N–H and O–H groups in total. The number of thioether (sulfide) groups is 1. The van der Waals surface area contributed by atoms with Crippen LogP contribution in [-0.4, -0.2) is 22.7 Å². The Balaban J connectivity index is 2.44. The van der Waals surface area contributed by atoms with Crippen molar-refractivity contribution in [3.8, 4) is 0 Å². The summed E-state index contributed by atoms with van der Waals surface area (Å²) in [5.41, 5.74) is 6.57. The molecule has 0 aromatic carbocycles. The second kappa shape index (κ2) is 6.61. The second-order valence-electron chi connectivity index (χ2n) is 4.22. The van der Waals surface area contributed by atoms with Crippen LogP contribution in [0.3, 0.4) is 0 Å². The van der Waals surface area contributed by atoms with Crippen molar-refractivity contribution in [3.63, 3.8) is 0 Å². The Hall–Kier alpha value is -1.07. The third-order valence-electron chi connectivity index (χ3n) is 2.05.